The van der Waals surface area contributed by atoms with Crippen LogP contribution in [-0.2, 0) is 28.5 Å². The van der Waals surface area contributed by atoms with Crippen molar-refractivity contribution >= 4 is 34.3 Å². The highest BCUT2D eigenvalue weighted by Gasteiger charge is 2.20. The number of rotatable bonds is 16. The Balaban J connectivity index is 1.26. The van der Waals surface area contributed by atoms with Gasteiger partial charge in [0.05, 0.1) is 50.4 Å². The molecule has 0 atom stereocenters. The number of amides is 1. The Kier molecular flexibility index (Phi) is 13.6. The van der Waals surface area contributed by atoms with Crippen molar-refractivity contribution in [2.75, 3.05) is 51.6 Å². The van der Waals surface area contributed by atoms with Gasteiger partial charge in [0.15, 0.2) is 0 Å². The fourth-order valence-corrected chi connectivity index (χ4v) is 4.37. The van der Waals surface area contributed by atoms with Crippen LogP contribution in [0.2, 0.25) is 0 Å². The molecule has 0 saturated heterocycles. The van der Waals surface area contributed by atoms with E-state index in [1.165, 1.54) is 17.0 Å². The summed E-state index contributed by atoms with van der Waals surface area (Å²) in [7, 11) is -2.14. The smallest absolute Gasteiger partial charge is 0.414 e. The van der Waals surface area contributed by atoms with E-state index in [1.807, 2.05) is 39.8 Å². The van der Waals surface area contributed by atoms with Gasteiger partial charge in [-0.2, -0.15) is 18.6 Å². The maximum atomic E-state index is 12.2. The van der Waals surface area contributed by atoms with Crippen LogP contribution in [0.25, 0.3) is 0 Å². The first kappa shape index (κ1) is 35.3. The van der Waals surface area contributed by atoms with Crippen LogP contribution in [0.15, 0.2) is 82.0 Å². The molecule has 242 valence electrons. The predicted octanol–water partition coefficient (Wildman–Crippen LogP) is 5.03. The Labute approximate surface area is 264 Å². The monoisotopic (exact) mass is 640 g/mol. The minimum absolute atomic E-state index is 0.0808. The van der Waals surface area contributed by atoms with Gasteiger partial charge in [-0.1, -0.05) is 29.8 Å². The lowest BCUT2D eigenvalue weighted by molar-refractivity contribution is 0.0275. The number of ether oxygens (including phenoxy) is 4. The van der Waals surface area contributed by atoms with E-state index in [4.69, 9.17) is 23.1 Å². The lowest BCUT2D eigenvalue weighted by atomic mass is 10.2. The van der Waals surface area contributed by atoms with E-state index in [0.717, 1.165) is 16.7 Å². The molecule has 45 heavy (non-hydrogen) atoms. The summed E-state index contributed by atoms with van der Waals surface area (Å²) in [5, 5.41) is 8.12. The Morgan fingerprint density at radius 2 is 1.40 bits per heavy atom. The van der Waals surface area contributed by atoms with Crippen molar-refractivity contribution in [3.8, 4) is 5.88 Å². The Morgan fingerprint density at radius 3 is 2.00 bits per heavy atom. The van der Waals surface area contributed by atoms with Crippen LogP contribution in [0.3, 0.4) is 0 Å². The quantitative estimate of drug-likeness (QED) is 0.0913. The summed E-state index contributed by atoms with van der Waals surface area (Å²) in [5.74, 6) is 0.443. The molecule has 3 aromatic rings. The van der Waals surface area contributed by atoms with Gasteiger partial charge in [0.25, 0.3) is 10.1 Å². The fourth-order valence-electron chi connectivity index (χ4n) is 3.48. The lowest BCUT2D eigenvalue weighted by Crippen LogP contribution is -2.34. The van der Waals surface area contributed by atoms with E-state index < -0.39 is 21.8 Å². The molecule has 0 aliphatic rings. The fraction of sp³-hybridized carbons (Fsp3) is 0.375. The van der Waals surface area contributed by atoms with E-state index >= 15 is 0 Å². The third-order valence-electron chi connectivity index (χ3n) is 5.81. The highest BCUT2D eigenvalue weighted by Crippen LogP contribution is 2.17. The van der Waals surface area contributed by atoms with Gasteiger partial charge in [-0.05, 0) is 63.6 Å². The summed E-state index contributed by atoms with van der Waals surface area (Å²) in [6, 6.07) is 17.2. The van der Waals surface area contributed by atoms with Crippen LogP contribution in [0.4, 0.5) is 10.5 Å². The van der Waals surface area contributed by atoms with Gasteiger partial charge in [-0.25, -0.2) is 9.78 Å². The van der Waals surface area contributed by atoms with Crippen LogP contribution in [0, 0.1) is 6.92 Å². The highest BCUT2D eigenvalue weighted by atomic mass is 32.2. The minimum Gasteiger partial charge on any atom is -0.475 e. The number of nitrogens with zero attached hydrogens (tertiary/aromatic N) is 4. The summed E-state index contributed by atoms with van der Waals surface area (Å²) in [6.45, 7) is 8.64. The molecule has 0 fully saturated rings. The molecule has 12 nitrogen and oxygen atoms in total. The van der Waals surface area contributed by atoms with Crippen molar-refractivity contribution in [1.29, 1.82) is 0 Å². The number of aryl methyl sites for hydroxylation is 1. The molecular weight excluding hydrogens is 600 g/mol. The van der Waals surface area contributed by atoms with Crippen LogP contribution in [0.1, 0.15) is 37.5 Å². The second-order valence-corrected chi connectivity index (χ2v) is 12.3. The van der Waals surface area contributed by atoms with Crippen molar-refractivity contribution in [2.24, 2.45) is 10.2 Å². The molecule has 0 spiro atoms. The molecule has 13 heteroatoms. The van der Waals surface area contributed by atoms with Gasteiger partial charge in [0.1, 0.15) is 12.2 Å². The number of carbonyl (C=O) groups excluding carboxylic acids is 1. The first-order valence-electron chi connectivity index (χ1n) is 14.3. The molecule has 0 unspecified atom stereocenters. The van der Waals surface area contributed by atoms with Crippen LogP contribution in [0.5, 0.6) is 5.88 Å². The normalized spacial score (nSPS) is 12.1. The Hall–Kier alpha value is -4.17. The molecule has 2 aromatic carbocycles. The second kappa shape index (κ2) is 17.4. The van der Waals surface area contributed by atoms with Gasteiger partial charge in [-0.15, -0.1) is 0 Å². The Morgan fingerprint density at radius 1 is 0.822 bits per heavy atom. The van der Waals surface area contributed by atoms with E-state index in [1.54, 1.807) is 62.1 Å². The third kappa shape index (κ3) is 13.2. The number of pyridine rings is 1. The van der Waals surface area contributed by atoms with E-state index in [-0.39, 0.29) is 18.1 Å². The van der Waals surface area contributed by atoms with Gasteiger partial charge in [-0.3, -0.25) is 9.08 Å². The van der Waals surface area contributed by atoms with Crippen molar-refractivity contribution in [3.63, 3.8) is 0 Å². The maximum absolute atomic E-state index is 12.2. The summed E-state index contributed by atoms with van der Waals surface area (Å²) in [5.41, 5.74) is 2.67. The molecule has 0 N–H and O–H groups in total. The Bertz CT molecular complexity index is 1500. The standard InChI is InChI=1S/C32H40N4O8S/c1-25-6-13-29(14-7-25)45(38,39)43-21-19-41-17-16-40-18-20-42-30-15-10-27(22-33-30)24-35-34-23-26-8-11-28(12-9-26)36(5)31(37)44-32(2,3)4/h6-15,22-24H,16-21H2,1-5H3/b34-23+,35-24+. The van der Waals surface area contributed by atoms with Gasteiger partial charge >= 0.3 is 6.09 Å². The zero-order valence-corrected chi connectivity index (χ0v) is 27.0. The number of carbonyl (C=O) groups is 1. The zero-order chi connectivity index (χ0) is 32.7. The van der Waals surface area contributed by atoms with Crippen molar-refractivity contribution < 1.29 is 36.3 Å². The highest BCUT2D eigenvalue weighted by molar-refractivity contribution is 7.86. The molecule has 0 radical (unpaired) electrons. The molecule has 3 rings (SSSR count). The summed E-state index contributed by atoms with van der Waals surface area (Å²) in [6.07, 6.45) is 4.37. The van der Waals surface area contributed by atoms with Crippen molar-refractivity contribution in [3.05, 3.63) is 83.6 Å². The average Bonchev–Trinajstić information content (AvgIpc) is 3.00. The van der Waals surface area contributed by atoms with E-state index in [0.29, 0.717) is 38.0 Å². The summed E-state index contributed by atoms with van der Waals surface area (Å²) >= 11 is 0. The van der Waals surface area contributed by atoms with Crippen molar-refractivity contribution in [2.45, 2.75) is 38.2 Å². The first-order chi connectivity index (χ1) is 21.4. The molecule has 0 aliphatic carbocycles. The molecule has 1 amide bonds. The molecular formula is C32H40N4O8S. The topological polar surface area (TPSA) is 138 Å². The number of hydrogen-bond donors (Lipinski definition) is 0. The van der Waals surface area contributed by atoms with Crippen LogP contribution in [-0.4, -0.2) is 84.2 Å². The van der Waals surface area contributed by atoms with Gasteiger partial charge in [0, 0.05) is 30.6 Å². The maximum Gasteiger partial charge on any atom is 0.414 e. The molecule has 1 heterocycles. The zero-order valence-electron chi connectivity index (χ0n) is 26.2. The second-order valence-electron chi connectivity index (χ2n) is 10.7. The molecule has 0 saturated carbocycles. The SMILES string of the molecule is Cc1ccc(S(=O)(=O)OCCOCCOCCOc2ccc(/C=N/N=C/c3ccc(N(C)C(=O)OC(C)(C)C)cc3)cn2)cc1. The van der Waals surface area contributed by atoms with E-state index in [2.05, 4.69) is 15.2 Å². The summed E-state index contributed by atoms with van der Waals surface area (Å²) < 4.78 is 51.0. The largest absolute Gasteiger partial charge is 0.475 e. The summed E-state index contributed by atoms with van der Waals surface area (Å²) in [4.78, 5) is 18.0. The van der Waals surface area contributed by atoms with Gasteiger partial charge < -0.3 is 18.9 Å². The average molecular weight is 641 g/mol. The third-order valence-corrected chi connectivity index (χ3v) is 7.14. The molecule has 0 aliphatic heterocycles. The number of benzene rings is 2. The predicted molar refractivity (Wildman–Crippen MR) is 172 cm³/mol. The van der Waals surface area contributed by atoms with Crippen LogP contribution < -0.4 is 9.64 Å². The number of aromatic nitrogens is 1. The van der Waals surface area contributed by atoms with E-state index in [9.17, 15) is 13.2 Å². The van der Waals surface area contributed by atoms with Crippen molar-refractivity contribution in [1.82, 2.24) is 4.98 Å². The number of hydrogen-bond acceptors (Lipinski definition) is 11. The minimum atomic E-state index is -3.80. The van der Waals surface area contributed by atoms with Gasteiger partial charge in [0.2, 0.25) is 5.88 Å². The lowest BCUT2D eigenvalue weighted by Gasteiger charge is -2.24. The van der Waals surface area contributed by atoms with Crippen LogP contribution >= 0.6 is 0 Å². The first-order valence-corrected chi connectivity index (χ1v) is 15.7. The molecule has 1 aromatic heterocycles. The molecule has 0 bridgehead atoms. The number of anilines is 1.